The number of aromatic nitrogens is 1. The zero-order valence-corrected chi connectivity index (χ0v) is 46.1. The number of hydrogen-bond acceptors (Lipinski definition) is 16. The highest BCUT2D eigenvalue weighted by molar-refractivity contribution is 7.22. The van der Waals surface area contributed by atoms with E-state index in [1.54, 1.807) is 48.6 Å². The molecular weight excluding hydrogens is 1020 g/mol. The zero-order chi connectivity index (χ0) is 55.8. The number of para-hydroxylation sites is 1. The fraction of sp³-hybridized carbons (Fsp3) is 0.429. The standard InChI is InChI=1S/C63H73N3O12S/c1-4-59(69)75-38-14-8-6-12-36-73-51-29-18-44(19-30-51)41-55(67)46-23-27-49(28-24-46)62(72)78-57-35-20-45(40-50(57)43-64-66(3)63-65-54-16-10-11-17-58(54)79-63)42-56(68)47-21-25-48(26-22-47)61(71)77-53-33-31-52(32-34-53)74-37-13-7-9-15-39-76-60(70)5-2/h4-5,10-11,16-20,29-35,40,43,46-49H,1-2,6-9,12-15,21-28,36-39,41-42H2,3H3/b64-43+. The third kappa shape index (κ3) is 19.2. The average molecular weight is 1100 g/mol. The lowest BCUT2D eigenvalue weighted by Crippen LogP contribution is -2.29. The lowest BCUT2D eigenvalue weighted by molar-refractivity contribution is -0.141. The van der Waals surface area contributed by atoms with Crippen molar-refractivity contribution >= 4 is 68.3 Å². The molecule has 0 spiro atoms. The maximum absolute atomic E-state index is 13.8. The second-order valence-electron chi connectivity index (χ2n) is 20.2. The van der Waals surface area contributed by atoms with E-state index in [0.717, 1.165) is 84.5 Å². The van der Waals surface area contributed by atoms with Gasteiger partial charge in [-0.25, -0.2) is 19.6 Å². The number of hydrazone groups is 1. The fourth-order valence-corrected chi connectivity index (χ4v) is 10.6. The molecule has 1 aromatic heterocycles. The predicted octanol–water partition coefficient (Wildman–Crippen LogP) is 12.2. The van der Waals surface area contributed by atoms with Crippen molar-refractivity contribution in [3.05, 3.63) is 133 Å². The monoisotopic (exact) mass is 1100 g/mol. The van der Waals surface area contributed by atoms with Crippen LogP contribution in [-0.2, 0) is 51.1 Å². The Morgan fingerprint density at radius 2 is 1.04 bits per heavy atom. The van der Waals surface area contributed by atoms with Crippen molar-refractivity contribution in [3.8, 4) is 23.0 Å². The van der Waals surface area contributed by atoms with Gasteiger partial charge in [0, 0.05) is 49.4 Å². The highest BCUT2D eigenvalue weighted by Crippen LogP contribution is 2.35. The minimum atomic E-state index is -0.407. The van der Waals surface area contributed by atoms with Crippen LogP contribution in [0.3, 0.4) is 0 Å². The summed E-state index contributed by atoms with van der Waals surface area (Å²) in [5.41, 5.74) is 3.07. The molecule has 16 heteroatoms. The van der Waals surface area contributed by atoms with E-state index in [2.05, 4.69) is 13.2 Å². The summed E-state index contributed by atoms with van der Waals surface area (Å²) in [6.07, 6.45) is 16.0. The van der Waals surface area contributed by atoms with Crippen LogP contribution < -0.4 is 24.0 Å². The van der Waals surface area contributed by atoms with Gasteiger partial charge >= 0.3 is 23.9 Å². The average Bonchev–Trinajstić information content (AvgIpc) is 3.94. The molecule has 4 aromatic carbocycles. The molecule has 0 amide bonds. The van der Waals surface area contributed by atoms with Crippen LogP contribution in [0.2, 0.25) is 0 Å². The van der Waals surface area contributed by atoms with Crippen LogP contribution in [-0.4, -0.2) is 80.1 Å². The molecule has 2 saturated carbocycles. The number of benzene rings is 4. The smallest absolute Gasteiger partial charge is 0.330 e. The second-order valence-corrected chi connectivity index (χ2v) is 21.2. The Labute approximate surface area is 467 Å². The molecule has 5 aromatic rings. The van der Waals surface area contributed by atoms with Gasteiger partial charge in [-0.1, -0.05) is 54.8 Å². The van der Waals surface area contributed by atoms with E-state index in [0.29, 0.717) is 112 Å². The number of carbonyl (C=O) groups excluding carboxylic acids is 6. The van der Waals surface area contributed by atoms with Gasteiger partial charge in [-0.2, -0.15) is 5.10 Å². The number of fused-ring (bicyclic) bond motifs is 1. The number of Topliss-reactive ketones (excluding diaryl/α,β-unsaturated/α-hetero) is 2. The molecule has 418 valence electrons. The zero-order valence-electron chi connectivity index (χ0n) is 45.3. The SMILES string of the molecule is C=CC(=O)OCCCCCCOc1ccc(CC(=O)C2CCC(C(=O)Oc3ccc(CC(=O)C4CCC(C(=O)Oc5ccc(OCCCCCCOC(=O)C=C)cc5)CC4)cc3/C=N/N(C)c3nc4ccccc4s3)CC2)cc1. The van der Waals surface area contributed by atoms with E-state index in [1.807, 2.05) is 60.7 Å². The number of hydrogen-bond donors (Lipinski definition) is 0. The van der Waals surface area contributed by atoms with Crippen molar-refractivity contribution in [3.63, 3.8) is 0 Å². The molecule has 0 saturated heterocycles. The molecular formula is C63H73N3O12S. The van der Waals surface area contributed by atoms with Crippen LogP contribution in [0.4, 0.5) is 5.13 Å². The molecule has 79 heavy (non-hydrogen) atoms. The van der Waals surface area contributed by atoms with Crippen LogP contribution in [0, 0.1) is 23.7 Å². The van der Waals surface area contributed by atoms with E-state index < -0.39 is 11.9 Å². The van der Waals surface area contributed by atoms with Gasteiger partial charge in [0.1, 0.15) is 34.6 Å². The summed E-state index contributed by atoms with van der Waals surface area (Å²) < 4.78 is 34.6. The summed E-state index contributed by atoms with van der Waals surface area (Å²) in [4.78, 5) is 81.3. The number of thiazole rings is 1. The number of ether oxygens (including phenoxy) is 6. The summed E-state index contributed by atoms with van der Waals surface area (Å²) in [7, 11) is 1.80. The first-order valence-corrected chi connectivity index (χ1v) is 28.5. The maximum Gasteiger partial charge on any atom is 0.330 e. The number of anilines is 1. The number of nitrogens with zero attached hydrogens (tertiary/aromatic N) is 3. The minimum Gasteiger partial charge on any atom is -0.494 e. The Morgan fingerprint density at radius 3 is 1.58 bits per heavy atom. The maximum atomic E-state index is 13.8. The Kier molecular flexibility index (Phi) is 23.4. The third-order valence-corrected chi connectivity index (χ3v) is 15.5. The topological polar surface area (TPSA) is 186 Å². The second kappa shape index (κ2) is 31.2. The predicted molar refractivity (Wildman–Crippen MR) is 305 cm³/mol. The van der Waals surface area contributed by atoms with Gasteiger partial charge in [0.05, 0.1) is 54.7 Å². The Balaban J connectivity index is 0.865. The molecule has 0 unspecified atom stereocenters. The molecule has 2 aliphatic carbocycles. The summed E-state index contributed by atoms with van der Waals surface area (Å²) >= 11 is 1.51. The summed E-state index contributed by atoms with van der Waals surface area (Å²) in [5.74, 6) is -0.0905. The Bertz CT molecular complexity index is 2830. The van der Waals surface area contributed by atoms with Gasteiger partial charge in [-0.05, 0) is 175 Å². The van der Waals surface area contributed by atoms with Crippen molar-refractivity contribution in [2.24, 2.45) is 28.8 Å². The van der Waals surface area contributed by atoms with Crippen molar-refractivity contribution in [1.82, 2.24) is 4.98 Å². The molecule has 1 heterocycles. The quantitative estimate of drug-likeness (QED) is 0.0102. The fourth-order valence-electron chi connectivity index (χ4n) is 9.75. The van der Waals surface area contributed by atoms with Crippen LogP contribution in [0.15, 0.2) is 121 Å². The molecule has 0 aliphatic heterocycles. The largest absolute Gasteiger partial charge is 0.494 e. The van der Waals surface area contributed by atoms with Crippen LogP contribution in [0.5, 0.6) is 23.0 Å². The molecule has 15 nitrogen and oxygen atoms in total. The number of ketones is 2. The lowest BCUT2D eigenvalue weighted by Gasteiger charge is -2.27. The third-order valence-electron chi connectivity index (χ3n) is 14.4. The Hall–Kier alpha value is -7.46. The highest BCUT2D eigenvalue weighted by atomic mass is 32.1. The van der Waals surface area contributed by atoms with Crippen LogP contribution in [0.25, 0.3) is 10.2 Å². The van der Waals surface area contributed by atoms with Gasteiger partial charge in [-0.15, -0.1) is 0 Å². The number of rotatable bonds is 31. The van der Waals surface area contributed by atoms with Gasteiger partial charge < -0.3 is 28.4 Å². The van der Waals surface area contributed by atoms with E-state index in [4.69, 9.17) is 38.5 Å². The number of esters is 4. The molecule has 0 N–H and O–H groups in total. The van der Waals surface area contributed by atoms with E-state index in [1.165, 1.54) is 17.4 Å². The van der Waals surface area contributed by atoms with Crippen LogP contribution in [0.1, 0.15) is 119 Å². The van der Waals surface area contributed by atoms with Crippen molar-refractivity contribution < 1.29 is 57.2 Å². The molecule has 2 fully saturated rings. The van der Waals surface area contributed by atoms with E-state index >= 15 is 0 Å². The first-order valence-electron chi connectivity index (χ1n) is 27.7. The number of unbranched alkanes of at least 4 members (excludes halogenated alkanes) is 6. The molecule has 0 bridgehead atoms. The lowest BCUT2D eigenvalue weighted by atomic mass is 9.79. The first-order chi connectivity index (χ1) is 38.4. The summed E-state index contributed by atoms with van der Waals surface area (Å²) in [6, 6.07) is 27.9. The highest BCUT2D eigenvalue weighted by Gasteiger charge is 2.33. The van der Waals surface area contributed by atoms with E-state index in [-0.39, 0.29) is 53.6 Å². The molecule has 7 rings (SSSR count). The van der Waals surface area contributed by atoms with Crippen molar-refractivity contribution in [2.45, 2.75) is 116 Å². The Morgan fingerprint density at radius 1 is 0.570 bits per heavy atom. The summed E-state index contributed by atoms with van der Waals surface area (Å²) in [5, 5.41) is 7.06. The molecule has 0 radical (unpaired) electrons. The van der Waals surface area contributed by atoms with Crippen LogP contribution >= 0.6 is 11.3 Å². The minimum absolute atomic E-state index is 0.0783. The molecule has 0 atom stereocenters. The van der Waals surface area contributed by atoms with E-state index in [9.17, 15) is 28.8 Å². The van der Waals surface area contributed by atoms with Gasteiger partial charge in [0.2, 0.25) is 5.13 Å². The normalized spacial score (nSPS) is 17.1. The number of carbonyl (C=O) groups is 6. The van der Waals surface area contributed by atoms with Gasteiger partial charge in [0.25, 0.3) is 0 Å². The molecule has 2 aliphatic rings. The van der Waals surface area contributed by atoms with Crippen molar-refractivity contribution in [1.29, 1.82) is 0 Å². The van der Waals surface area contributed by atoms with Crippen molar-refractivity contribution in [2.75, 3.05) is 38.5 Å². The van der Waals surface area contributed by atoms with Gasteiger partial charge in [-0.3, -0.25) is 19.2 Å². The summed E-state index contributed by atoms with van der Waals surface area (Å²) in [6.45, 7) is 8.67. The first kappa shape index (κ1) is 59.2. The van der Waals surface area contributed by atoms with Gasteiger partial charge in [0.15, 0.2) is 0 Å².